The maximum absolute atomic E-state index is 12.8. The van der Waals surface area contributed by atoms with Gasteiger partial charge in [-0.15, -0.1) is 0 Å². The van der Waals surface area contributed by atoms with Gasteiger partial charge in [-0.25, -0.2) is 4.39 Å². The number of aryl methyl sites for hydroxylation is 1. The van der Waals surface area contributed by atoms with Crippen LogP contribution in [-0.2, 0) is 6.42 Å². The molecule has 2 aromatic rings. The standard InChI is InChI=1S/C20H23FN2O/c21-18-9-7-17(8-10-18)20(24)22-13-3-4-16-5-11-19(12-6-16)23-14-1-2-15-23/h5-12H,1-4,13-15H2,(H,22,24). The summed E-state index contributed by atoms with van der Waals surface area (Å²) >= 11 is 0. The lowest BCUT2D eigenvalue weighted by Gasteiger charge is -2.17. The van der Waals surface area contributed by atoms with Gasteiger partial charge in [-0.3, -0.25) is 4.79 Å². The maximum Gasteiger partial charge on any atom is 0.251 e. The normalized spacial score (nSPS) is 14.0. The van der Waals surface area contributed by atoms with Crippen LogP contribution in [0.15, 0.2) is 48.5 Å². The van der Waals surface area contributed by atoms with Crippen LogP contribution in [0.2, 0.25) is 0 Å². The molecule has 0 spiro atoms. The first-order chi connectivity index (χ1) is 11.7. The Kier molecular flexibility index (Phi) is 5.47. The van der Waals surface area contributed by atoms with Crippen molar-refractivity contribution >= 4 is 11.6 Å². The summed E-state index contributed by atoms with van der Waals surface area (Å²) in [6.45, 7) is 2.94. The van der Waals surface area contributed by atoms with E-state index in [9.17, 15) is 9.18 Å². The third-order valence-electron chi connectivity index (χ3n) is 4.44. The average Bonchev–Trinajstić information content (AvgIpc) is 3.14. The molecule has 0 aromatic heterocycles. The fourth-order valence-corrected chi connectivity index (χ4v) is 3.05. The summed E-state index contributed by atoms with van der Waals surface area (Å²) in [6.07, 6.45) is 4.39. The molecule has 24 heavy (non-hydrogen) atoms. The van der Waals surface area contributed by atoms with Gasteiger partial charge in [0.05, 0.1) is 0 Å². The Labute approximate surface area is 142 Å². The second kappa shape index (κ2) is 7.95. The molecule has 1 N–H and O–H groups in total. The van der Waals surface area contributed by atoms with Crippen molar-refractivity contribution in [2.75, 3.05) is 24.5 Å². The van der Waals surface area contributed by atoms with E-state index in [1.165, 1.54) is 48.4 Å². The van der Waals surface area contributed by atoms with Crippen LogP contribution in [-0.4, -0.2) is 25.5 Å². The zero-order valence-corrected chi connectivity index (χ0v) is 13.8. The second-order valence-electron chi connectivity index (χ2n) is 6.23. The number of halogens is 1. The first-order valence-corrected chi connectivity index (χ1v) is 8.60. The van der Waals surface area contributed by atoms with E-state index in [-0.39, 0.29) is 11.7 Å². The predicted molar refractivity (Wildman–Crippen MR) is 94.9 cm³/mol. The van der Waals surface area contributed by atoms with E-state index in [1.807, 2.05) is 0 Å². The summed E-state index contributed by atoms with van der Waals surface area (Å²) in [4.78, 5) is 14.3. The highest BCUT2D eigenvalue weighted by molar-refractivity contribution is 5.94. The molecule has 0 radical (unpaired) electrons. The quantitative estimate of drug-likeness (QED) is 0.819. The lowest BCUT2D eigenvalue weighted by Crippen LogP contribution is -2.24. The van der Waals surface area contributed by atoms with Crippen LogP contribution < -0.4 is 10.2 Å². The van der Waals surface area contributed by atoms with E-state index in [0.717, 1.165) is 25.9 Å². The Morgan fingerprint density at radius 1 is 1.00 bits per heavy atom. The third-order valence-corrected chi connectivity index (χ3v) is 4.44. The smallest absolute Gasteiger partial charge is 0.251 e. The monoisotopic (exact) mass is 326 g/mol. The Hall–Kier alpha value is -2.36. The molecule has 3 rings (SSSR count). The van der Waals surface area contributed by atoms with Crippen molar-refractivity contribution in [2.45, 2.75) is 25.7 Å². The van der Waals surface area contributed by atoms with Gasteiger partial charge in [-0.05, 0) is 67.6 Å². The summed E-state index contributed by atoms with van der Waals surface area (Å²) in [5.74, 6) is -0.483. The lowest BCUT2D eigenvalue weighted by molar-refractivity contribution is 0.0953. The average molecular weight is 326 g/mol. The highest BCUT2D eigenvalue weighted by Gasteiger charge is 2.11. The minimum Gasteiger partial charge on any atom is -0.372 e. The van der Waals surface area contributed by atoms with Crippen molar-refractivity contribution in [1.29, 1.82) is 0 Å². The van der Waals surface area contributed by atoms with Gasteiger partial charge >= 0.3 is 0 Å². The molecule has 0 saturated carbocycles. The van der Waals surface area contributed by atoms with E-state index < -0.39 is 0 Å². The minimum absolute atomic E-state index is 0.153. The zero-order valence-electron chi connectivity index (χ0n) is 13.8. The van der Waals surface area contributed by atoms with Crippen LogP contribution in [0.1, 0.15) is 35.2 Å². The molecule has 0 atom stereocenters. The fourth-order valence-electron chi connectivity index (χ4n) is 3.05. The number of anilines is 1. The summed E-state index contributed by atoms with van der Waals surface area (Å²) < 4.78 is 12.8. The van der Waals surface area contributed by atoms with Crippen molar-refractivity contribution in [3.63, 3.8) is 0 Å². The summed E-state index contributed by atoms with van der Waals surface area (Å²) in [6, 6.07) is 14.3. The first kappa shape index (κ1) is 16.5. The molecule has 4 heteroatoms. The number of carbonyl (C=O) groups excluding carboxylic acids is 1. The van der Waals surface area contributed by atoms with Gasteiger partial charge in [0.2, 0.25) is 0 Å². The first-order valence-electron chi connectivity index (χ1n) is 8.60. The SMILES string of the molecule is O=C(NCCCc1ccc(N2CCCC2)cc1)c1ccc(F)cc1. The van der Waals surface area contributed by atoms with Crippen molar-refractivity contribution in [1.82, 2.24) is 5.32 Å². The third kappa shape index (κ3) is 4.34. The Morgan fingerprint density at radius 2 is 1.67 bits per heavy atom. The molecular weight excluding hydrogens is 303 g/mol. The molecule has 126 valence electrons. The highest BCUT2D eigenvalue weighted by Crippen LogP contribution is 2.20. The minimum atomic E-state index is -0.330. The fraction of sp³-hybridized carbons (Fsp3) is 0.350. The number of nitrogens with zero attached hydrogens (tertiary/aromatic N) is 1. The number of benzene rings is 2. The molecular formula is C20H23FN2O. The van der Waals surface area contributed by atoms with Crippen LogP contribution in [0.5, 0.6) is 0 Å². The molecule has 1 aliphatic heterocycles. The van der Waals surface area contributed by atoms with Gasteiger partial charge in [0.1, 0.15) is 5.82 Å². The van der Waals surface area contributed by atoms with Gasteiger partial charge in [-0.1, -0.05) is 12.1 Å². The van der Waals surface area contributed by atoms with E-state index >= 15 is 0 Å². The summed E-state index contributed by atoms with van der Waals surface area (Å²) in [5.41, 5.74) is 3.08. The Bertz CT molecular complexity index is 661. The van der Waals surface area contributed by atoms with Crippen LogP contribution in [0.4, 0.5) is 10.1 Å². The van der Waals surface area contributed by atoms with E-state index in [2.05, 4.69) is 34.5 Å². The summed E-state index contributed by atoms with van der Waals surface area (Å²) in [7, 11) is 0. The van der Waals surface area contributed by atoms with Crippen molar-refractivity contribution in [3.05, 3.63) is 65.5 Å². The maximum atomic E-state index is 12.8. The molecule has 0 aliphatic carbocycles. The lowest BCUT2D eigenvalue weighted by atomic mass is 10.1. The van der Waals surface area contributed by atoms with Crippen LogP contribution in [0.25, 0.3) is 0 Å². The molecule has 1 fully saturated rings. The van der Waals surface area contributed by atoms with Crippen molar-refractivity contribution < 1.29 is 9.18 Å². The molecule has 1 saturated heterocycles. The second-order valence-corrected chi connectivity index (χ2v) is 6.23. The van der Waals surface area contributed by atoms with E-state index in [0.29, 0.717) is 12.1 Å². The van der Waals surface area contributed by atoms with Crippen LogP contribution in [0.3, 0.4) is 0 Å². The molecule has 0 bridgehead atoms. The van der Waals surface area contributed by atoms with Gasteiger partial charge < -0.3 is 10.2 Å². The van der Waals surface area contributed by atoms with E-state index in [1.54, 1.807) is 0 Å². The van der Waals surface area contributed by atoms with Gasteiger partial charge in [-0.2, -0.15) is 0 Å². The van der Waals surface area contributed by atoms with Gasteiger partial charge in [0.25, 0.3) is 5.91 Å². The van der Waals surface area contributed by atoms with Crippen LogP contribution >= 0.6 is 0 Å². The molecule has 0 unspecified atom stereocenters. The predicted octanol–water partition coefficient (Wildman–Crippen LogP) is 3.79. The topological polar surface area (TPSA) is 32.3 Å². The number of rotatable bonds is 6. The van der Waals surface area contributed by atoms with Crippen molar-refractivity contribution in [2.24, 2.45) is 0 Å². The van der Waals surface area contributed by atoms with Gasteiger partial charge in [0, 0.05) is 30.9 Å². The van der Waals surface area contributed by atoms with E-state index in [4.69, 9.17) is 0 Å². The molecule has 1 aliphatic rings. The number of hydrogen-bond donors (Lipinski definition) is 1. The largest absolute Gasteiger partial charge is 0.372 e. The number of nitrogens with one attached hydrogen (secondary N) is 1. The number of amides is 1. The number of hydrogen-bond acceptors (Lipinski definition) is 2. The molecule has 1 heterocycles. The highest BCUT2D eigenvalue weighted by atomic mass is 19.1. The Morgan fingerprint density at radius 3 is 2.33 bits per heavy atom. The molecule has 1 amide bonds. The molecule has 2 aromatic carbocycles. The van der Waals surface area contributed by atoms with Gasteiger partial charge in [0.15, 0.2) is 0 Å². The van der Waals surface area contributed by atoms with Crippen LogP contribution in [0, 0.1) is 5.82 Å². The number of carbonyl (C=O) groups is 1. The molecule has 3 nitrogen and oxygen atoms in total. The Balaban J connectivity index is 1.41. The summed E-state index contributed by atoms with van der Waals surface area (Å²) in [5, 5.41) is 2.88. The van der Waals surface area contributed by atoms with Crippen molar-refractivity contribution in [3.8, 4) is 0 Å². The zero-order chi connectivity index (χ0) is 16.8.